The molecule has 7 heteroatoms. The molecule has 0 aliphatic rings. The minimum atomic E-state index is -0.445. The van der Waals surface area contributed by atoms with Crippen molar-refractivity contribution in [3.05, 3.63) is 62.6 Å². The van der Waals surface area contributed by atoms with E-state index >= 15 is 0 Å². The zero-order valence-corrected chi connectivity index (χ0v) is 12.7. The molecule has 2 aromatic rings. The number of methoxy groups -OCH3 is 1. The van der Waals surface area contributed by atoms with Crippen molar-refractivity contribution in [3.63, 3.8) is 0 Å². The average molecular weight is 350 g/mol. The van der Waals surface area contributed by atoms with Gasteiger partial charge in [-0.3, -0.25) is 15.5 Å². The smallest absolute Gasteiger partial charge is 0.269 e. The van der Waals surface area contributed by atoms with Gasteiger partial charge in [0.15, 0.2) is 0 Å². The van der Waals surface area contributed by atoms with Crippen LogP contribution in [0.25, 0.3) is 0 Å². The van der Waals surface area contributed by atoms with Crippen LogP contribution in [-0.2, 0) is 0 Å². The first-order valence-corrected chi connectivity index (χ1v) is 6.76. The molecule has 0 aliphatic carbocycles. The van der Waals surface area contributed by atoms with Crippen LogP contribution in [0.3, 0.4) is 0 Å². The highest BCUT2D eigenvalue weighted by molar-refractivity contribution is 9.10. The zero-order chi connectivity index (χ0) is 15.2. The van der Waals surface area contributed by atoms with Crippen LogP contribution in [0.1, 0.15) is 5.56 Å². The van der Waals surface area contributed by atoms with Gasteiger partial charge in [0.25, 0.3) is 5.69 Å². The number of non-ortho nitro benzene ring substituents is 1. The van der Waals surface area contributed by atoms with Crippen LogP contribution < -0.4 is 10.2 Å². The molecule has 0 spiro atoms. The van der Waals surface area contributed by atoms with Crippen molar-refractivity contribution in [1.29, 1.82) is 0 Å². The Balaban J connectivity index is 2.08. The van der Waals surface area contributed by atoms with E-state index in [1.165, 1.54) is 12.1 Å². The highest BCUT2D eigenvalue weighted by Gasteiger charge is 2.03. The van der Waals surface area contributed by atoms with Gasteiger partial charge in [-0.15, -0.1) is 0 Å². The summed E-state index contributed by atoms with van der Waals surface area (Å²) in [6.45, 7) is 0. The third-order valence-electron chi connectivity index (χ3n) is 2.67. The van der Waals surface area contributed by atoms with Gasteiger partial charge in [0.2, 0.25) is 0 Å². The molecule has 0 bridgehead atoms. The van der Waals surface area contributed by atoms with Gasteiger partial charge in [-0.1, -0.05) is 15.9 Å². The van der Waals surface area contributed by atoms with E-state index in [-0.39, 0.29) is 5.69 Å². The monoisotopic (exact) mass is 349 g/mol. The molecule has 0 saturated heterocycles. The lowest BCUT2D eigenvalue weighted by atomic mass is 10.2. The number of nitro benzene ring substituents is 1. The molecule has 0 unspecified atom stereocenters. The number of anilines is 1. The Kier molecular flexibility index (Phi) is 4.89. The summed E-state index contributed by atoms with van der Waals surface area (Å²) >= 11 is 3.38. The Morgan fingerprint density at radius 2 is 2.00 bits per heavy atom. The Labute approximate surface area is 129 Å². The Hall–Kier alpha value is -2.41. The van der Waals surface area contributed by atoms with Crippen molar-refractivity contribution in [2.45, 2.75) is 0 Å². The molecule has 0 amide bonds. The second-order valence-corrected chi connectivity index (χ2v) is 4.98. The molecule has 0 radical (unpaired) electrons. The molecule has 1 N–H and O–H groups in total. The summed E-state index contributed by atoms with van der Waals surface area (Å²) in [5.41, 5.74) is 4.31. The van der Waals surface area contributed by atoms with Crippen molar-refractivity contribution in [1.82, 2.24) is 0 Å². The Bertz CT molecular complexity index is 672. The summed E-state index contributed by atoms with van der Waals surface area (Å²) in [5.74, 6) is 0.701. The zero-order valence-electron chi connectivity index (χ0n) is 11.1. The second kappa shape index (κ2) is 6.85. The SMILES string of the molecule is COc1ccc(Br)cc1C=NNc1ccc([N+](=O)[O-])cc1. The maximum atomic E-state index is 10.6. The third kappa shape index (κ3) is 4.03. The van der Waals surface area contributed by atoms with Crippen LogP contribution in [0, 0.1) is 10.1 Å². The molecular formula is C14H12BrN3O3. The van der Waals surface area contributed by atoms with E-state index in [9.17, 15) is 10.1 Å². The van der Waals surface area contributed by atoms with Gasteiger partial charge < -0.3 is 4.74 Å². The van der Waals surface area contributed by atoms with Gasteiger partial charge in [-0.05, 0) is 30.3 Å². The lowest BCUT2D eigenvalue weighted by molar-refractivity contribution is -0.384. The quantitative estimate of drug-likeness (QED) is 0.505. The summed E-state index contributed by atoms with van der Waals surface area (Å²) in [7, 11) is 1.59. The number of nitrogens with zero attached hydrogens (tertiary/aromatic N) is 2. The number of benzene rings is 2. The summed E-state index contributed by atoms with van der Waals surface area (Å²) < 4.78 is 6.15. The first kappa shape index (κ1) is 15.0. The summed E-state index contributed by atoms with van der Waals surface area (Å²) in [6, 6.07) is 11.6. The third-order valence-corrected chi connectivity index (χ3v) is 3.16. The van der Waals surface area contributed by atoms with E-state index in [2.05, 4.69) is 26.5 Å². The molecule has 0 saturated carbocycles. The van der Waals surface area contributed by atoms with Crippen molar-refractivity contribution in [3.8, 4) is 5.75 Å². The summed E-state index contributed by atoms with van der Waals surface area (Å²) in [4.78, 5) is 10.1. The van der Waals surface area contributed by atoms with Gasteiger partial charge in [-0.25, -0.2) is 0 Å². The van der Waals surface area contributed by atoms with Gasteiger partial charge >= 0.3 is 0 Å². The number of rotatable bonds is 5. The van der Waals surface area contributed by atoms with Crippen molar-refractivity contribution in [2.75, 3.05) is 12.5 Å². The number of nitro groups is 1. The minimum Gasteiger partial charge on any atom is -0.496 e. The predicted octanol–water partition coefficient (Wildman–Crippen LogP) is 3.81. The minimum absolute atomic E-state index is 0.0400. The van der Waals surface area contributed by atoms with Crippen LogP contribution in [0.4, 0.5) is 11.4 Å². The topological polar surface area (TPSA) is 76.8 Å². The normalized spacial score (nSPS) is 10.6. The van der Waals surface area contributed by atoms with Crippen LogP contribution in [-0.4, -0.2) is 18.2 Å². The largest absolute Gasteiger partial charge is 0.496 e. The molecule has 0 fully saturated rings. The van der Waals surface area contributed by atoms with E-state index in [0.717, 1.165) is 10.0 Å². The fourth-order valence-electron chi connectivity index (χ4n) is 1.64. The number of hydrogen-bond acceptors (Lipinski definition) is 5. The molecule has 2 aromatic carbocycles. The first-order chi connectivity index (χ1) is 10.1. The highest BCUT2D eigenvalue weighted by atomic mass is 79.9. The maximum Gasteiger partial charge on any atom is 0.269 e. The van der Waals surface area contributed by atoms with Crippen LogP contribution in [0.2, 0.25) is 0 Å². The number of hydrazone groups is 1. The van der Waals surface area contributed by atoms with Crippen molar-refractivity contribution in [2.24, 2.45) is 5.10 Å². The maximum absolute atomic E-state index is 10.6. The van der Waals surface area contributed by atoms with E-state index in [1.54, 1.807) is 25.5 Å². The predicted molar refractivity (Wildman–Crippen MR) is 85.0 cm³/mol. The van der Waals surface area contributed by atoms with Gasteiger partial charge in [-0.2, -0.15) is 5.10 Å². The fraction of sp³-hybridized carbons (Fsp3) is 0.0714. The first-order valence-electron chi connectivity index (χ1n) is 5.97. The molecule has 0 aliphatic heterocycles. The van der Waals surface area contributed by atoms with E-state index in [0.29, 0.717) is 11.4 Å². The summed E-state index contributed by atoms with van der Waals surface area (Å²) in [5, 5.41) is 14.6. The molecule has 6 nitrogen and oxygen atoms in total. The number of nitrogens with one attached hydrogen (secondary N) is 1. The average Bonchev–Trinajstić information content (AvgIpc) is 2.48. The number of halogens is 1. The Morgan fingerprint density at radius 1 is 1.29 bits per heavy atom. The molecule has 0 aromatic heterocycles. The van der Waals surface area contributed by atoms with Gasteiger partial charge in [0, 0.05) is 22.2 Å². The lowest BCUT2D eigenvalue weighted by Crippen LogP contribution is -1.94. The van der Waals surface area contributed by atoms with E-state index in [1.807, 2.05) is 18.2 Å². The Morgan fingerprint density at radius 3 is 2.62 bits per heavy atom. The second-order valence-electron chi connectivity index (χ2n) is 4.06. The fourth-order valence-corrected chi connectivity index (χ4v) is 2.02. The number of hydrogen-bond donors (Lipinski definition) is 1. The van der Waals surface area contributed by atoms with E-state index in [4.69, 9.17) is 4.74 Å². The molecular weight excluding hydrogens is 338 g/mol. The van der Waals surface area contributed by atoms with Gasteiger partial charge in [0.1, 0.15) is 5.75 Å². The summed E-state index contributed by atoms with van der Waals surface area (Å²) in [6.07, 6.45) is 1.62. The molecule has 108 valence electrons. The van der Waals surface area contributed by atoms with E-state index < -0.39 is 4.92 Å². The number of ether oxygens (including phenoxy) is 1. The molecule has 0 heterocycles. The molecule has 2 rings (SSSR count). The van der Waals surface area contributed by atoms with Crippen molar-refractivity contribution < 1.29 is 9.66 Å². The van der Waals surface area contributed by atoms with Crippen LogP contribution in [0.15, 0.2) is 52.0 Å². The lowest BCUT2D eigenvalue weighted by Gasteiger charge is -2.05. The highest BCUT2D eigenvalue weighted by Crippen LogP contribution is 2.21. The molecule has 21 heavy (non-hydrogen) atoms. The van der Waals surface area contributed by atoms with Crippen LogP contribution >= 0.6 is 15.9 Å². The van der Waals surface area contributed by atoms with Crippen molar-refractivity contribution >= 4 is 33.5 Å². The molecule has 0 atom stereocenters. The van der Waals surface area contributed by atoms with Gasteiger partial charge in [0.05, 0.1) is 23.9 Å². The standard InChI is InChI=1S/C14H12BrN3O3/c1-21-14-7-2-11(15)8-10(14)9-16-17-12-3-5-13(6-4-12)18(19)20/h2-9,17H,1H3. The van der Waals surface area contributed by atoms with Crippen LogP contribution in [0.5, 0.6) is 5.75 Å².